The minimum atomic E-state index is 0.343. The van der Waals surface area contributed by atoms with Crippen LogP contribution in [0.25, 0.3) is 0 Å². The molecule has 4 heteroatoms. The summed E-state index contributed by atoms with van der Waals surface area (Å²) in [4.78, 5) is 10.9. The van der Waals surface area contributed by atoms with E-state index >= 15 is 0 Å². The summed E-state index contributed by atoms with van der Waals surface area (Å²) in [6.45, 7) is 24.6. The first-order valence-corrected chi connectivity index (χ1v) is 11.9. The minimum absolute atomic E-state index is 0.343. The Labute approximate surface area is 175 Å². The van der Waals surface area contributed by atoms with Crippen molar-refractivity contribution in [3.05, 3.63) is 0 Å². The predicted molar refractivity (Wildman–Crippen MR) is 121 cm³/mol. The molecule has 0 N–H and O–H groups in total. The SMILES string of the molecule is CN1C[C@@H](N2CCN(CC3CCN(C(C)(C)C)CC3)CC2)C[C@H]1CC(C)(C)C. The van der Waals surface area contributed by atoms with Gasteiger partial charge in [-0.05, 0) is 77.9 Å². The Kier molecular flexibility index (Phi) is 7.17. The van der Waals surface area contributed by atoms with Crippen molar-refractivity contribution in [3.8, 4) is 0 Å². The van der Waals surface area contributed by atoms with Gasteiger partial charge in [-0.15, -0.1) is 0 Å². The van der Waals surface area contributed by atoms with Gasteiger partial charge in [-0.1, -0.05) is 20.8 Å². The molecule has 0 aromatic heterocycles. The summed E-state index contributed by atoms with van der Waals surface area (Å²) in [5.41, 5.74) is 0.783. The normalized spacial score (nSPS) is 31.0. The van der Waals surface area contributed by atoms with E-state index in [0.717, 1.165) is 18.0 Å². The second-order valence-electron chi connectivity index (χ2n) is 12.2. The van der Waals surface area contributed by atoms with Gasteiger partial charge >= 0.3 is 0 Å². The molecule has 0 aliphatic carbocycles. The van der Waals surface area contributed by atoms with E-state index in [-0.39, 0.29) is 0 Å². The number of piperidine rings is 1. The Morgan fingerprint density at radius 3 is 1.96 bits per heavy atom. The molecule has 0 aromatic rings. The molecule has 0 amide bonds. The van der Waals surface area contributed by atoms with Gasteiger partial charge in [-0.25, -0.2) is 0 Å². The monoisotopic (exact) mass is 392 g/mol. The number of hydrogen-bond acceptors (Lipinski definition) is 4. The topological polar surface area (TPSA) is 13.0 Å². The summed E-state index contributed by atoms with van der Waals surface area (Å²) in [7, 11) is 2.34. The predicted octanol–water partition coefficient (Wildman–Crippen LogP) is 3.62. The van der Waals surface area contributed by atoms with E-state index in [1.165, 1.54) is 78.0 Å². The highest BCUT2D eigenvalue weighted by atomic mass is 15.3. The zero-order chi connectivity index (χ0) is 20.5. The summed E-state index contributed by atoms with van der Waals surface area (Å²) in [6, 6.07) is 1.56. The number of piperazine rings is 1. The van der Waals surface area contributed by atoms with Gasteiger partial charge in [0.05, 0.1) is 0 Å². The molecular weight excluding hydrogens is 344 g/mol. The van der Waals surface area contributed by atoms with Crippen LogP contribution < -0.4 is 0 Å². The van der Waals surface area contributed by atoms with Gasteiger partial charge < -0.3 is 9.80 Å². The quantitative estimate of drug-likeness (QED) is 0.724. The molecule has 28 heavy (non-hydrogen) atoms. The van der Waals surface area contributed by atoms with Crippen molar-refractivity contribution in [3.63, 3.8) is 0 Å². The van der Waals surface area contributed by atoms with Crippen LogP contribution in [0.1, 0.15) is 67.2 Å². The van der Waals surface area contributed by atoms with Crippen molar-refractivity contribution in [2.45, 2.75) is 84.8 Å². The first-order chi connectivity index (χ1) is 13.0. The molecule has 3 aliphatic heterocycles. The third kappa shape index (κ3) is 6.17. The smallest absolute Gasteiger partial charge is 0.0239 e. The fourth-order valence-corrected chi connectivity index (χ4v) is 5.72. The maximum atomic E-state index is 2.80. The van der Waals surface area contributed by atoms with Crippen LogP contribution in [0.4, 0.5) is 0 Å². The molecule has 164 valence electrons. The Bertz CT molecular complexity index is 476. The van der Waals surface area contributed by atoms with Crippen molar-refractivity contribution in [2.24, 2.45) is 11.3 Å². The van der Waals surface area contributed by atoms with E-state index < -0.39 is 0 Å². The zero-order valence-electron chi connectivity index (χ0n) is 20.0. The van der Waals surface area contributed by atoms with Crippen LogP contribution in [0.3, 0.4) is 0 Å². The van der Waals surface area contributed by atoms with Crippen molar-refractivity contribution in [1.29, 1.82) is 0 Å². The van der Waals surface area contributed by atoms with Gasteiger partial charge in [-0.2, -0.15) is 0 Å². The van der Waals surface area contributed by atoms with Crippen LogP contribution in [-0.2, 0) is 0 Å². The van der Waals surface area contributed by atoms with E-state index in [1.807, 2.05) is 0 Å². The summed E-state index contributed by atoms with van der Waals surface area (Å²) < 4.78 is 0. The van der Waals surface area contributed by atoms with Crippen molar-refractivity contribution >= 4 is 0 Å². The van der Waals surface area contributed by atoms with Gasteiger partial charge in [0.2, 0.25) is 0 Å². The molecule has 0 spiro atoms. The molecule has 3 rings (SSSR count). The minimum Gasteiger partial charge on any atom is -0.302 e. The van der Waals surface area contributed by atoms with E-state index in [9.17, 15) is 0 Å². The van der Waals surface area contributed by atoms with Crippen LogP contribution in [0.5, 0.6) is 0 Å². The van der Waals surface area contributed by atoms with Crippen LogP contribution in [0.15, 0.2) is 0 Å². The molecule has 0 saturated carbocycles. The van der Waals surface area contributed by atoms with Crippen LogP contribution >= 0.6 is 0 Å². The summed E-state index contributed by atoms with van der Waals surface area (Å²) in [6.07, 6.45) is 5.48. The van der Waals surface area contributed by atoms with Gasteiger partial charge in [-0.3, -0.25) is 9.80 Å². The summed E-state index contributed by atoms with van der Waals surface area (Å²) in [5.74, 6) is 0.916. The lowest BCUT2D eigenvalue weighted by atomic mass is 9.87. The molecule has 2 atom stereocenters. The molecule has 3 saturated heterocycles. The third-order valence-electron chi connectivity index (χ3n) is 7.52. The molecule has 3 fully saturated rings. The fourth-order valence-electron chi connectivity index (χ4n) is 5.72. The fraction of sp³-hybridized carbons (Fsp3) is 1.00. The van der Waals surface area contributed by atoms with Crippen LogP contribution in [0.2, 0.25) is 0 Å². The Balaban J connectivity index is 1.38. The molecule has 0 radical (unpaired) electrons. The summed E-state index contributed by atoms with van der Waals surface area (Å²) >= 11 is 0. The highest BCUT2D eigenvalue weighted by Crippen LogP contribution is 2.31. The molecule has 3 heterocycles. The first-order valence-electron chi connectivity index (χ1n) is 11.9. The van der Waals surface area contributed by atoms with E-state index in [2.05, 4.69) is 68.2 Å². The second-order valence-corrected chi connectivity index (χ2v) is 12.2. The van der Waals surface area contributed by atoms with Crippen molar-refractivity contribution in [2.75, 3.05) is 59.4 Å². The number of nitrogens with zero attached hydrogens (tertiary/aromatic N) is 4. The van der Waals surface area contributed by atoms with Crippen LogP contribution in [0, 0.1) is 11.3 Å². The van der Waals surface area contributed by atoms with Gasteiger partial charge in [0.15, 0.2) is 0 Å². The van der Waals surface area contributed by atoms with Gasteiger partial charge in [0, 0.05) is 56.9 Å². The molecular formula is C24H48N4. The second kappa shape index (κ2) is 8.91. The largest absolute Gasteiger partial charge is 0.302 e. The van der Waals surface area contributed by atoms with E-state index in [4.69, 9.17) is 0 Å². The van der Waals surface area contributed by atoms with Gasteiger partial charge in [0.1, 0.15) is 0 Å². The highest BCUT2D eigenvalue weighted by molar-refractivity contribution is 4.93. The number of likely N-dealkylation sites (N-methyl/N-ethyl adjacent to an activating group) is 1. The number of hydrogen-bond donors (Lipinski definition) is 0. The summed E-state index contributed by atoms with van der Waals surface area (Å²) in [5, 5.41) is 0. The average molecular weight is 393 g/mol. The maximum Gasteiger partial charge on any atom is 0.0239 e. The van der Waals surface area contributed by atoms with E-state index in [1.54, 1.807) is 0 Å². The lowest BCUT2D eigenvalue weighted by Crippen LogP contribution is -2.53. The zero-order valence-corrected chi connectivity index (χ0v) is 20.0. The third-order valence-corrected chi connectivity index (χ3v) is 7.52. The Morgan fingerprint density at radius 1 is 0.821 bits per heavy atom. The molecule has 0 unspecified atom stereocenters. The lowest BCUT2D eigenvalue weighted by Gasteiger charge is -2.43. The number of rotatable bonds is 4. The van der Waals surface area contributed by atoms with Crippen LogP contribution in [-0.4, -0.2) is 96.6 Å². The molecule has 3 aliphatic rings. The maximum absolute atomic E-state index is 2.80. The average Bonchev–Trinajstić information content (AvgIpc) is 2.94. The number of likely N-dealkylation sites (tertiary alicyclic amines) is 2. The molecule has 4 nitrogen and oxygen atoms in total. The molecule has 0 aromatic carbocycles. The molecule has 0 bridgehead atoms. The lowest BCUT2D eigenvalue weighted by molar-refractivity contribution is 0.0537. The highest BCUT2D eigenvalue weighted by Gasteiger charge is 2.36. The standard InChI is InChI=1S/C24H48N4/c1-23(2,3)17-21-16-22(19-25(21)7)27-14-12-26(13-15-27)18-20-8-10-28(11-9-20)24(4,5)6/h20-22H,8-19H2,1-7H3/t21-,22-/m0/s1. The van der Waals surface area contributed by atoms with Crippen molar-refractivity contribution < 1.29 is 0 Å². The van der Waals surface area contributed by atoms with Crippen molar-refractivity contribution in [1.82, 2.24) is 19.6 Å². The Hall–Kier alpha value is -0.160. The Morgan fingerprint density at radius 2 is 1.43 bits per heavy atom. The first kappa shape index (κ1) is 22.5. The van der Waals surface area contributed by atoms with Gasteiger partial charge in [0.25, 0.3) is 0 Å². The van der Waals surface area contributed by atoms with E-state index in [0.29, 0.717) is 11.0 Å².